The molecule has 0 N–H and O–H groups in total. The van der Waals surface area contributed by atoms with Crippen LogP contribution in [0.25, 0.3) is 11.0 Å². The SMILES string of the molecule is CCC1c2cc3[n-]c4c(c5nc(cc6[n-]c(cc(n2)C1C)C(CC)C6C)[C@@H](C)[C@@H]5CCC(=O)OC)CC(=O)c4c3C.[Ni+2]. The Balaban J connectivity index is 0.00000353. The van der Waals surface area contributed by atoms with Crippen molar-refractivity contribution in [1.82, 2.24) is 19.9 Å². The van der Waals surface area contributed by atoms with Crippen molar-refractivity contribution < 1.29 is 30.8 Å². The van der Waals surface area contributed by atoms with Crippen molar-refractivity contribution in [2.45, 2.75) is 109 Å². The summed E-state index contributed by atoms with van der Waals surface area (Å²) in [5.41, 5.74) is 10.2. The van der Waals surface area contributed by atoms with Gasteiger partial charge in [-0.15, -0.1) is 11.0 Å². The van der Waals surface area contributed by atoms with Crippen LogP contribution in [-0.2, 0) is 32.4 Å². The van der Waals surface area contributed by atoms with E-state index in [4.69, 9.17) is 24.7 Å². The molecule has 0 fully saturated rings. The largest absolute Gasteiger partial charge is 2.00 e. The number of aromatic nitrogens is 4. The Morgan fingerprint density at radius 2 is 1.57 bits per heavy atom. The molecule has 42 heavy (non-hydrogen) atoms. The molecule has 0 aromatic carbocycles. The van der Waals surface area contributed by atoms with Crippen LogP contribution in [0.4, 0.5) is 0 Å². The minimum atomic E-state index is -0.234. The molecule has 2 aromatic rings. The first-order valence-corrected chi connectivity index (χ1v) is 15.2. The van der Waals surface area contributed by atoms with Crippen LogP contribution in [0.2, 0.25) is 0 Å². The van der Waals surface area contributed by atoms with E-state index in [1.54, 1.807) is 0 Å². The molecule has 0 saturated heterocycles. The van der Waals surface area contributed by atoms with Crippen LogP contribution in [0.1, 0.15) is 151 Å². The molecule has 4 aliphatic rings. The van der Waals surface area contributed by atoms with Crippen molar-refractivity contribution in [3.8, 4) is 0 Å². The number of carbonyl (C=O) groups is 2. The molecule has 0 radical (unpaired) electrons. The third-order valence-corrected chi connectivity index (χ3v) is 10.2. The number of aryl methyl sites for hydroxylation is 1. The Hall–Kier alpha value is -2.99. The van der Waals surface area contributed by atoms with Crippen molar-refractivity contribution in [2.24, 2.45) is 0 Å². The van der Waals surface area contributed by atoms with E-state index >= 15 is 0 Å². The fourth-order valence-corrected chi connectivity index (χ4v) is 7.56. The van der Waals surface area contributed by atoms with Crippen molar-refractivity contribution >= 4 is 22.8 Å². The van der Waals surface area contributed by atoms with Gasteiger partial charge in [0.15, 0.2) is 5.78 Å². The van der Waals surface area contributed by atoms with E-state index in [-0.39, 0.29) is 57.8 Å². The van der Waals surface area contributed by atoms with Gasteiger partial charge in [0.05, 0.1) is 7.11 Å². The number of methoxy groups -OCH3 is 1. The Morgan fingerprint density at radius 3 is 2.26 bits per heavy atom. The van der Waals surface area contributed by atoms with Crippen LogP contribution >= 0.6 is 0 Å². The van der Waals surface area contributed by atoms with Crippen LogP contribution in [0.5, 0.6) is 0 Å². The average Bonchev–Trinajstić information content (AvgIpc) is 3.70. The van der Waals surface area contributed by atoms with Crippen LogP contribution in [0.3, 0.4) is 0 Å². The topological polar surface area (TPSA) is 97.4 Å². The molecule has 2 aromatic heterocycles. The van der Waals surface area contributed by atoms with E-state index in [0.717, 1.165) is 69.2 Å². The third kappa shape index (κ3) is 4.80. The summed E-state index contributed by atoms with van der Waals surface area (Å²) in [6.07, 6.45) is 3.17. The molecule has 0 amide bonds. The summed E-state index contributed by atoms with van der Waals surface area (Å²) in [5, 5.41) is 0. The maximum atomic E-state index is 13.4. The number of hydrogen-bond acceptors (Lipinski definition) is 5. The molecule has 8 bridgehead atoms. The van der Waals surface area contributed by atoms with E-state index in [0.29, 0.717) is 30.7 Å². The van der Waals surface area contributed by atoms with Crippen molar-refractivity contribution in [2.75, 3.05) is 7.11 Å². The molecule has 7 nitrogen and oxygen atoms in total. The molecule has 8 heteroatoms. The van der Waals surface area contributed by atoms with E-state index < -0.39 is 0 Å². The molecular formula is C34H40N4NiO3. The molecule has 224 valence electrons. The summed E-state index contributed by atoms with van der Waals surface area (Å²) < 4.78 is 4.97. The first kappa shape index (κ1) is 30.5. The Labute approximate surface area is 258 Å². The smallest absolute Gasteiger partial charge is 0.664 e. The maximum absolute atomic E-state index is 13.4. The molecule has 6 atom stereocenters. The third-order valence-electron chi connectivity index (χ3n) is 10.2. The number of esters is 1. The van der Waals surface area contributed by atoms with Gasteiger partial charge in [0.25, 0.3) is 0 Å². The molecule has 4 unspecified atom stereocenters. The molecule has 3 aliphatic heterocycles. The maximum Gasteiger partial charge on any atom is 2.00 e. The molecule has 0 spiro atoms. The van der Waals surface area contributed by atoms with Crippen LogP contribution in [0.15, 0.2) is 18.2 Å². The quantitative estimate of drug-likeness (QED) is 0.272. The summed E-state index contributed by atoms with van der Waals surface area (Å²) >= 11 is 0. The molecule has 6 rings (SSSR count). The van der Waals surface area contributed by atoms with Crippen LogP contribution in [0, 0.1) is 6.92 Å². The predicted octanol–water partition coefficient (Wildman–Crippen LogP) is 6.78. The van der Waals surface area contributed by atoms with Gasteiger partial charge in [0, 0.05) is 64.9 Å². The number of ketones is 1. The normalized spacial score (nSPS) is 25.3. The Morgan fingerprint density at radius 1 is 0.905 bits per heavy atom. The summed E-state index contributed by atoms with van der Waals surface area (Å²) in [6, 6.07) is 6.49. The number of carbonyl (C=O) groups excluding carboxylic acids is 2. The van der Waals surface area contributed by atoms with Gasteiger partial charge in [-0.2, -0.15) is 11.4 Å². The number of rotatable bonds is 5. The minimum Gasteiger partial charge on any atom is -0.664 e. The van der Waals surface area contributed by atoms with Gasteiger partial charge >= 0.3 is 22.5 Å². The predicted molar refractivity (Wildman–Crippen MR) is 158 cm³/mol. The van der Waals surface area contributed by atoms with Gasteiger partial charge < -0.3 is 14.7 Å². The van der Waals surface area contributed by atoms with Gasteiger partial charge in [0.1, 0.15) is 0 Å². The number of hydrogen-bond donors (Lipinski definition) is 0. The zero-order chi connectivity index (χ0) is 29.2. The monoisotopic (exact) mass is 610 g/mol. The number of nitrogens with zero attached hydrogens (tertiary/aromatic N) is 4. The minimum absolute atomic E-state index is 0. The van der Waals surface area contributed by atoms with Gasteiger partial charge in [0.2, 0.25) is 0 Å². The van der Waals surface area contributed by atoms with Gasteiger partial charge in [-0.1, -0.05) is 64.8 Å². The summed E-state index contributed by atoms with van der Waals surface area (Å²) in [5.74, 6) is 1.07. The standard InChI is InChI=1S/C34H41N4O3.Ni/c1-8-20-16(3)24-13-26-18(5)22(10-11-31(40)41-7)33(37-26)23-12-30(39)32-19(6)27(38-34(23)32)15-29-21(9-2)17(4)25(36-29)14-28(20)35-24;/h13-18,20-22H,8-12H2,1-7H3,(H-,35,36,37,38,39);/q-1;+2/p-1/t16?,17?,18-,20?,21?,22-;/m0./s1. The fourth-order valence-electron chi connectivity index (χ4n) is 7.56. The zero-order valence-corrected chi connectivity index (χ0v) is 26.5. The van der Waals surface area contributed by atoms with Crippen molar-refractivity contribution in [3.05, 3.63) is 69.1 Å². The van der Waals surface area contributed by atoms with Crippen molar-refractivity contribution in [3.63, 3.8) is 0 Å². The van der Waals surface area contributed by atoms with Crippen LogP contribution < -0.4 is 9.97 Å². The second-order valence-electron chi connectivity index (χ2n) is 12.3. The molecule has 5 heterocycles. The van der Waals surface area contributed by atoms with E-state index in [1.165, 1.54) is 7.11 Å². The van der Waals surface area contributed by atoms with Gasteiger partial charge in [-0.25, -0.2) is 0 Å². The van der Waals surface area contributed by atoms with E-state index in [9.17, 15) is 9.59 Å². The summed E-state index contributed by atoms with van der Waals surface area (Å²) in [4.78, 5) is 46.2. The first-order chi connectivity index (χ1) is 19.7. The average molecular weight is 611 g/mol. The number of Topliss-reactive ketones (excluding diaryl/α,β-unsaturated/α-hetero) is 1. The Bertz CT molecular complexity index is 1620. The fraction of sp³-hybridized carbons (Fsp3) is 0.529. The first-order valence-electron chi connectivity index (χ1n) is 15.2. The van der Waals surface area contributed by atoms with Crippen molar-refractivity contribution in [1.29, 1.82) is 0 Å². The van der Waals surface area contributed by atoms with Gasteiger partial charge in [-0.05, 0) is 37.2 Å². The number of ether oxygens (including phenoxy) is 1. The zero-order valence-electron chi connectivity index (χ0n) is 25.6. The molecule has 1 aliphatic carbocycles. The van der Waals surface area contributed by atoms with E-state index in [2.05, 4.69) is 52.8 Å². The summed E-state index contributed by atoms with van der Waals surface area (Å²) in [7, 11) is 1.42. The Kier molecular flexibility index (Phi) is 8.41. The number of fused-ring (bicyclic) bond motifs is 8. The second kappa shape index (κ2) is 11.6. The molecular weight excluding hydrogens is 571 g/mol. The summed E-state index contributed by atoms with van der Waals surface area (Å²) in [6.45, 7) is 13.1. The van der Waals surface area contributed by atoms with E-state index in [1.807, 2.05) is 6.92 Å². The van der Waals surface area contributed by atoms with Crippen LogP contribution in [-0.4, -0.2) is 28.8 Å². The van der Waals surface area contributed by atoms with Gasteiger partial charge in [-0.3, -0.25) is 19.6 Å². The molecule has 0 saturated carbocycles. The second-order valence-corrected chi connectivity index (χ2v) is 12.3.